The third-order valence-corrected chi connectivity index (χ3v) is 4.13. The summed E-state index contributed by atoms with van der Waals surface area (Å²) in [4.78, 5) is 11.8. The average Bonchev–Trinajstić information content (AvgIpc) is 2.74. The van der Waals surface area contributed by atoms with Crippen LogP contribution in [0.5, 0.6) is 0 Å². The highest BCUT2D eigenvalue weighted by atomic mass is 32.2. The average molecular weight is 267 g/mol. The quantitative estimate of drug-likeness (QED) is 0.831. The zero-order valence-electron chi connectivity index (χ0n) is 10.5. The van der Waals surface area contributed by atoms with Gasteiger partial charge in [-0.05, 0) is 35.8 Å². The van der Waals surface area contributed by atoms with Crippen LogP contribution in [0.4, 0.5) is 4.39 Å². The van der Waals surface area contributed by atoms with Gasteiger partial charge in [-0.25, -0.2) is 4.39 Å². The summed E-state index contributed by atoms with van der Waals surface area (Å²) < 4.78 is 13.5. The van der Waals surface area contributed by atoms with Crippen molar-refractivity contribution in [2.45, 2.75) is 32.2 Å². The number of benzene rings is 1. The van der Waals surface area contributed by atoms with Crippen LogP contribution in [0.15, 0.2) is 18.2 Å². The van der Waals surface area contributed by atoms with Crippen molar-refractivity contribution in [1.82, 2.24) is 5.32 Å². The van der Waals surface area contributed by atoms with Gasteiger partial charge in [-0.3, -0.25) is 4.79 Å². The molecular weight excluding hydrogens is 249 g/mol. The molecule has 1 N–H and O–H groups in total. The van der Waals surface area contributed by atoms with Gasteiger partial charge < -0.3 is 5.32 Å². The number of carbonyl (C=O) groups is 1. The van der Waals surface area contributed by atoms with Gasteiger partial charge in [0, 0.05) is 12.2 Å². The molecule has 1 aliphatic carbocycles. The first-order valence-electron chi connectivity index (χ1n) is 6.36. The van der Waals surface area contributed by atoms with Gasteiger partial charge in [0.15, 0.2) is 0 Å². The fourth-order valence-corrected chi connectivity index (χ4v) is 2.95. The molecule has 0 aromatic heterocycles. The van der Waals surface area contributed by atoms with Crippen molar-refractivity contribution in [3.05, 3.63) is 35.1 Å². The number of halogens is 1. The second-order valence-corrected chi connectivity index (χ2v) is 5.81. The van der Waals surface area contributed by atoms with E-state index in [-0.39, 0.29) is 17.8 Å². The van der Waals surface area contributed by atoms with E-state index in [0.717, 1.165) is 35.5 Å². The molecule has 0 saturated carbocycles. The van der Waals surface area contributed by atoms with Gasteiger partial charge in [-0.1, -0.05) is 19.1 Å². The molecule has 1 amide bonds. The Morgan fingerprint density at radius 3 is 3.17 bits per heavy atom. The Hall–Kier alpha value is -1.03. The van der Waals surface area contributed by atoms with Crippen LogP contribution < -0.4 is 5.32 Å². The van der Waals surface area contributed by atoms with Gasteiger partial charge in [0.2, 0.25) is 5.91 Å². The van der Waals surface area contributed by atoms with Crippen LogP contribution in [0, 0.1) is 5.82 Å². The second kappa shape index (κ2) is 6.23. The highest BCUT2D eigenvalue weighted by Gasteiger charge is 2.25. The summed E-state index contributed by atoms with van der Waals surface area (Å²) in [5.41, 5.74) is 1.72. The largest absolute Gasteiger partial charge is 0.349 e. The van der Waals surface area contributed by atoms with Crippen molar-refractivity contribution in [2.75, 3.05) is 11.5 Å². The SMILES string of the molecule is CCSCCC(=O)NC1CCc2c(F)cccc21. The maximum absolute atomic E-state index is 13.5. The monoisotopic (exact) mass is 267 g/mol. The molecular formula is C14H18FNOS. The summed E-state index contributed by atoms with van der Waals surface area (Å²) in [7, 11) is 0. The predicted molar refractivity (Wildman–Crippen MR) is 73.2 cm³/mol. The molecule has 4 heteroatoms. The maximum Gasteiger partial charge on any atom is 0.221 e. The Balaban J connectivity index is 1.93. The van der Waals surface area contributed by atoms with Crippen molar-refractivity contribution in [2.24, 2.45) is 0 Å². The van der Waals surface area contributed by atoms with Gasteiger partial charge in [0.05, 0.1) is 6.04 Å². The topological polar surface area (TPSA) is 29.1 Å². The molecule has 0 spiro atoms. The van der Waals surface area contributed by atoms with E-state index >= 15 is 0 Å². The molecule has 98 valence electrons. The number of rotatable bonds is 5. The lowest BCUT2D eigenvalue weighted by atomic mass is 10.1. The van der Waals surface area contributed by atoms with Gasteiger partial charge in [0.1, 0.15) is 5.82 Å². The van der Waals surface area contributed by atoms with Gasteiger partial charge >= 0.3 is 0 Å². The molecule has 1 unspecified atom stereocenters. The summed E-state index contributed by atoms with van der Waals surface area (Å²) >= 11 is 1.76. The van der Waals surface area contributed by atoms with Crippen molar-refractivity contribution in [1.29, 1.82) is 0 Å². The first-order chi connectivity index (χ1) is 8.72. The molecule has 1 aliphatic rings. The molecule has 1 atom stereocenters. The summed E-state index contributed by atoms with van der Waals surface area (Å²) in [5, 5.41) is 3.00. The summed E-state index contributed by atoms with van der Waals surface area (Å²) in [6.07, 6.45) is 2.07. The zero-order chi connectivity index (χ0) is 13.0. The lowest BCUT2D eigenvalue weighted by Gasteiger charge is -2.14. The van der Waals surface area contributed by atoms with E-state index in [0.29, 0.717) is 6.42 Å². The van der Waals surface area contributed by atoms with Crippen LogP contribution in [0.1, 0.15) is 36.9 Å². The van der Waals surface area contributed by atoms with Crippen LogP contribution in [-0.2, 0) is 11.2 Å². The lowest BCUT2D eigenvalue weighted by Crippen LogP contribution is -2.27. The number of carbonyl (C=O) groups excluding carboxylic acids is 1. The van der Waals surface area contributed by atoms with Crippen molar-refractivity contribution >= 4 is 17.7 Å². The zero-order valence-corrected chi connectivity index (χ0v) is 11.4. The van der Waals surface area contributed by atoms with E-state index in [4.69, 9.17) is 0 Å². The highest BCUT2D eigenvalue weighted by Crippen LogP contribution is 2.32. The fourth-order valence-electron chi connectivity index (χ4n) is 2.34. The number of fused-ring (bicyclic) bond motifs is 1. The summed E-state index contributed by atoms with van der Waals surface area (Å²) in [5.74, 6) is 1.80. The van der Waals surface area contributed by atoms with E-state index in [1.165, 1.54) is 6.07 Å². The van der Waals surface area contributed by atoms with Gasteiger partial charge in [-0.2, -0.15) is 11.8 Å². The van der Waals surface area contributed by atoms with E-state index in [1.807, 2.05) is 6.07 Å². The second-order valence-electron chi connectivity index (χ2n) is 4.41. The van der Waals surface area contributed by atoms with E-state index in [9.17, 15) is 9.18 Å². The Kier molecular flexibility index (Phi) is 4.64. The minimum Gasteiger partial charge on any atom is -0.349 e. The lowest BCUT2D eigenvalue weighted by molar-refractivity contribution is -0.121. The first-order valence-corrected chi connectivity index (χ1v) is 7.52. The van der Waals surface area contributed by atoms with Crippen LogP contribution >= 0.6 is 11.8 Å². The third kappa shape index (κ3) is 3.05. The number of nitrogens with one attached hydrogen (secondary N) is 1. The minimum absolute atomic E-state index is 0.00479. The number of thioether (sulfide) groups is 1. The molecule has 18 heavy (non-hydrogen) atoms. The number of hydrogen-bond donors (Lipinski definition) is 1. The standard InChI is InChI=1S/C14H18FNOS/c1-2-18-9-8-14(17)16-13-7-6-10-11(13)4-3-5-12(10)15/h3-5,13H,2,6-9H2,1H3,(H,16,17). The van der Waals surface area contributed by atoms with Gasteiger partial charge in [0.25, 0.3) is 0 Å². The van der Waals surface area contributed by atoms with Crippen LogP contribution in [0.3, 0.4) is 0 Å². The normalized spacial score (nSPS) is 17.6. The molecule has 0 bridgehead atoms. The van der Waals surface area contributed by atoms with Crippen molar-refractivity contribution < 1.29 is 9.18 Å². The number of amides is 1. The van der Waals surface area contributed by atoms with Crippen molar-refractivity contribution in [3.8, 4) is 0 Å². The molecule has 0 radical (unpaired) electrons. The van der Waals surface area contributed by atoms with E-state index in [1.54, 1.807) is 17.8 Å². The summed E-state index contributed by atoms with van der Waals surface area (Å²) in [6, 6.07) is 5.11. The van der Waals surface area contributed by atoms with Crippen molar-refractivity contribution in [3.63, 3.8) is 0 Å². The molecule has 0 fully saturated rings. The number of hydrogen-bond acceptors (Lipinski definition) is 2. The Morgan fingerprint density at radius 1 is 1.56 bits per heavy atom. The molecule has 0 heterocycles. The smallest absolute Gasteiger partial charge is 0.221 e. The van der Waals surface area contributed by atoms with Crippen LogP contribution in [0.25, 0.3) is 0 Å². The molecule has 1 aromatic rings. The Labute approximate surface area is 111 Å². The van der Waals surface area contributed by atoms with Gasteiger partial charge in [-0.15, -0.1) is 0 Å². The Bertz CT molecular complexity index is 436. The van der Waals surface area contributed by atoms with Crippen LogP contribution in [-0.4, -0.2) is 17.4 Å². The molecule has 2 nitrogen and oxygen atoms in total. The first kappa shape index (κ1) is 13.4. The molecule has 0 aliphatic heterocycles. The minimum atomic E-state index is -0.147. The van der Waals surface area contributed by atoms with Crippen LogP contribution in [0.2, 0.25) is 0 Å². The van der Waals surface area contributed by atoms with E-state index < -0.39 is 0 Å². The molecule has 1 aromatic carbocycles. The molecule has 2 rings (SSSR count). The fraction of sp³-hybridized carbons (Fsp3) is 0.500. The van der Waals surface area contributed by atoms with E-state index in [2.05, 4.69) is 12.2 Å². The highest BCUT2D eigenvalue weighted by molar-refractivity contribution is 7.99. The molecule has 0 saturated heterocycles. The summed E-state index contributed by atoms with van der Waals surface area (Å²) in [6.45, 7) is 2.08. The predicted octanol–water partition coefficient (Wildman–Crippen LogP) is 3.07. The maximum atomic E-state index is 13.5. The third-order valence-electron chi connectivity index (χ3n) is 3.23. The Morgan fingerprint density at radius 2 is 2.39 bits per heavy atom.